The zero-order valence-electron chi connectivity index (χ0n) is 12.5. The van der Waals surface area contributed by atoms with Crippen LogP contribution in [0, 0.1) is 5.82 Å². The molecule has 0 saturated carbocycles. The number of carbonyl (C=O) groups excluding carboxylic acids is 1. The summed E-state index contributed by atoms with van der Waals surface area (Å²) in [6, 6.07) is 12.1. The number of amides is 1. The van der Waals surface area contributed by atoms with Gasteiger partial charge in [0, 0.05) is 24.2 Å². The number of hydrogen-bond acceptors (Lipinski definition) is 3. The zero-order chi connectivity index (χ0) is 15.8. The Kier molecular flexibility index (Phi) is 3.58. The van der Waals surface area contributed by atoms with Crippen LogP contribution in [0.1, 0.15) is 23.2 Å². The maximum Gasteiger partial charge on any atom is 0.253 e. The van der Waals surface area contributed by atoms with Crippen LogP contribution in [0.5, 0.6) is 0 Å². The molecule has 0 atom stereocenters. The number of benzene rings is 2. The van der Waals surface area contributed by atoms with Gasteiger partial charge in [-0.1, -0.05) is 12.1 Å². The Hall–Kier alpha value is -2.27. The average molecular weight is 326 g/mol. The van der Waals surface area contributed by atoms with E-state index in [1.54, 1.807) is 6.07 Å². The lowest BCUT2D eigenvalue weighted by Gasteiger charge is -2.15. The van der Waals surface area contributed by atoms with Gasteiger partial charge in [-0.25, -0.2) is 9.37 Å². The van der Waals surface area contributed by atoms with Gasteiger partial charge in [-0.2, -0.15) is 0 Å². The van der Waals surface area contributed by atoms with Crippen molar-refractivity contribution in [2.75, 3.05) is 13.1 Å². The molecule has 2 aromatic carbocycles. The Morgan fingerprint density at radius 2 is 1.83 bits per heavy atom. The molecule has 1 fully saturated rings. The molecule has 5 heteroatoms. The maximum absolute atomic E-state index is 13.3. The van der Waals surface area contributed by atoms with E-state index in [9.17, 15) is 9.18 Å². The molecule has 1 aromatic heterocycles. The highest BCUT2D eigenvalue weighted by atomic mass is 32.1. The van der Waals surface area contributed by atoms with Gasteiger partial charge in [-0.3, -0.25) is 4.79 Å². The summed E-state index contributed by atoms with van der Waals surface area (Å²) in [5, 5.41) is 0.839. The predicted molar refractivity (Wildman–Crippen MR) is 90.2 cm³/mol. The third-order valence-corrected chi connectivity index (χ3v) is 5.19. The quantitative estimate of drug-likeness (QED) is 0.702. The van der Waals surface area contributed by atoms with Crippen molar-refractivity contribution >= 4 is 27.5 Å². The van der Waals surface area contributed by atoms with Gasteiger partial charge in [0.15, 0.2) is 0 Å². The topological polar surface area (TPSA) is 33.2 Å². The van der Waals surface area contributed by atoms with E-state index < -0.39 is 0 Å². The summed E-state index contributed by atoms with van der Waals surface area (Å²) in [5.74, 6) is -0.153. The third-order valence-electron chi connectivity index (χ3n) is 4.12. The summed E-state index contributed by atoms with van der Waals surface area (Å²) < 4.78 is 14.1. The molecule has 1 saturated heterocycles. The molecule has 1 amide bonds. The van der Waals surface area contributed by atoms with Crippen LogP contribution >= 0.6 is 11.3 Å². The molecule has 0 aliphatic carbocycles. The second-order valence-corrected chi connectivity index (χ2v) is 6.74. The Labute approximate surface area is 137 Å². The van der Waals surface area contributed by atoms with Gasteiger partial charge in [0.25, 0.3) is 5.91 Å². The molecule has 0 bridgehead atoms. The second-order valence-electron chi connectivity index (χ2n) is 5.71. The predicted octanol–water partition coefficient (Wildman–Crippen LogP) is 4.34. The van der Waals surface area contributed by atoms with Crippen molar-refractivity contribution in [3.63, 3.8) is 0 Å². The van der Waals surface area contributed by atoms with Crippen molar-refractivity contribution in [3.05, 3.63) is 53.8 Å². The molecule has 0 radical (unpaired) electrons. The Balaban J connectivity index is 1.62. The van der Waals surface area contributed by atoms with Crippen molar-refractivity contribution in [1.82, 2.24) is 9.88 Å². The highest BCUT2D eigenvalue weighted by molar-refractivity contribution is 7.21. The van der Waals surface area contributed by atoms with Crippen molar-refractivity contribution in [1.29, 1.82) is 0 Å². The minimum absolute atomic E-state index is 0.0976. The van der Waals surface area contributed by atoms with E-state index in [0.29, 0.717) is 5.56 Å². The minimum Gasteiger partial charge on any atom is -0.339 e. The SMILES string of the molecule is O=C(c1ccc(-c2nc3ccc(F)cc3s2)cc1)N1CCCC1. The van der Waals surface area contributed by atoms with Crippen molar-refractivity contribution in [3.8, 4) is 10.6 Å². The molecule has 0 unspecified atom stereocenters. The number of carbonyl (C=O) groups is 1. The fourth-order valence-electron chi connectivity index (χ4n) is 2.88. The monoisotopic (exact) mass is 326 g/mol. The normalized spacial score (nSPS) is 14.6. The first-order valence-corrected chi connectivity index (χ1v) is 8.48. The van der Waals surface area contributed by atoms with Crippen LogP contribution in [-0.4, -0.2) is 28.9 Å². The molecule has 1 aliphatic heterocycles. The first kappa shape index (κ1) is 14.3. The molecule has 116 valence electrons. The van der Waals surface area contributed by atoms with Gasteiger partial charge in [-0.05, 0) is 43.2 Å². The Morgan fingerprint density at radius 3 is 2.57 bits per heavy atom. The van der Waals surface area contributed by atoms with Crippen molar-refractivity contribution in [2.24, 2.45) is 0 Å². The van der Waals surface area contributed by atoms with Gasteiger partial charge >= 0.3 is 0 Å². The van der Waals surface area contributed by atoms with Gasteiger partial charge in [0.2, 0.25) is 0 Å². The van der Waals surface area contributed by atoms with Gasteiger partial charge in [0.1, 0.15) is 10.8 Å². The number of hydrogen-bond donors (Lipinski definition) is 0. The molecular weight excluding hydrogens is 311 g/mol. The van der Waals surface area contributed by atoms with Crippen LogP contribution in [-0.2, 0) is 0 Å². The highest BCUT2D eigenvalue weighted by Crippen LogP contribution is 2.30. The highest BCUT2D eigenvalue weighted by Gasteiger charge is 2.19. The number of likely N-dealkylation sites (tertiary alicyclic amines) is 1. The lowest BCUT2D eigenvalue weighted by Crippen LogP contribution is -2.27. The number of halogens is 1. The summed E-state index contributed by atoms with van der Waals surface area (Å²) in [6.07, 6.45) is 2.18. The lowest BCUT2D eigenvalue weighted by molar-refractivity contribution is 0.0793. The van der Waals surface area contributed by atoms with E-state index in [4.69, 9.17) is 0 Å². The van der Waals surface area contributed by atoms with Crippen molar-refractivity contribution < 1.29 is 9.18 Å². The number of aromatic nitrogens is 1. The fraction of sp³-hybridized carbons (Fsp3) is 0.222. The van der Waals surface area contributed by atoms with E-state index >= 15 is 0 Å². The second kappa shape index (κ2) is 5.74. The number of thiazole rings is 1. The van der Waals surface area contributed by atoms with E-state index in [-0.39, 0.29) is 11.7 Å². The molecular formula is C18H15FN2OS. The summed E-state index contributed by atoms with van der Waals surface area (Å²) in [4.78, 5) is 18.8. The van der Waals surface area contributed by atoms with Gasteiger partial charge in [-0.15, -0.1) is 11.3 Å². The average Bonchev–Trinajstić information content (AvgIpc) is 3.23. The Bertz CT molecular complexity index is 866. The first-order valence-electron chi connectivity index (χ1n) is 7.66. The maximum atomic E-state index is 13.3. The van der Waals surface area contributed by atoms with E-state index in [0.717, 1.165) is 46.7 Å². The van der Waals surface area contributed by atoms with Crippen LogP contribution in [0.2, 0.25) is 0 Å². The molecule has 1 aliphatic rings. The van der Waals surface area contributed by atoms with Gasteiger partial charge < -0.3 is 4.90 Å². The molecule has 0 spiro atoms. The minimum atomic E-state index is -0.251. The van der Waals surface area contributed by atoms with Crippen molar-refractivity contribution in [2.45, 2.75) is 12.8 Å². The lowest BCUT2D eigenvalue weighted by atomic mass is 10.1. The van der Waals surface area contributed by atoms with Crippen LogP contribution in [0.15, 0.2) is 42.5 Å². The largest absolute Gasteiger partial charge is 0.339 e. The van der Waals surface area contributed by atoms with E-state index in [1.807, 2.05) is 29.2 Å². The summed E-state index contributed by atoms with van der Waals surface area (Å²) >= 11 is 1.46. The van der Waals surface area contributed by atoms with Crippen LogP contribution < -0.4 is 0 Å². The van der Waals surface area contributed by atoms with Crippen LogP contribution in [0.25, 0.3) is 20.8 Å². The number of fused-ring (bicyclic) bond motifs is 1. The van der Waals surface area contributed by atoms with Crippen LogP contribution in [0.3, 0.4) is 0 Å². The summed E-state index contributed by atoms with van der Waals surface area (Å²) in [7, 11) is 0. The standard InChI is InChI=1S/C18H15FN2OS/c19-14-7-8-15-16(11-14)23-17(20-15)12-3-5-13(6-4-12)18(22)21-9-1-2-10-21/h3-8,11H,1-2,9-10H2. The van der Waals surface area contributed by atoms with Gasteiger partial charge in [0.05, 0.1) is 10.2 Å². The molecule has 3 aromatic rings. The first-order chi connectivity index (χ1) is 11.2. The van der Waals surface area contributed by atoms with E-state index in [1.165, 1.54) is 23.5 Å². The number of nitrogens with zero attached hydrogens (tertiary/aromatic N) is 2. The van der Waals surface area contributed by atoms with E-state index in [2.05, 4.69) is 4.98 Å². The fourth-order valence-corrected chi connectivity index (χ4v) is 3.88. The molecule has 4 rings (SSSR count). The molecule has 2 heterocycles. The number of rotatable bonds is 2. The Morgan fingerprint density at radius 1 is 1.09 bits per heavy atom. The third kappa shape index (κ3) is 2.72. The van der Waals surface area contributed by atoms with Crippen LogP contribution in [0.4, 0.5) is 4.39 Å². The zero-order valence-corrected chi connectivity index (χ0v) is 13.3. The molecule has 0 N–H and O–H groups in total. The molecule has 23 heavy (non-hydrogen) atoms. The summed E-state index contributed by atoms with van der Waals surface area (Å²) in [5.41, 5.74) is 2.45. The smallest absolute Gasteiger partial charge is 0.253 e. The molecule has 3 nitrogen and oxygen atoms in total. The summed E-state index contributed by atoms with van der Waals surface area (Å²) in [6.45, 7) is 1.70.